The van der Waals surface area contributed by atoms with Crippen molar-refractivity contribution in [3.05, 3.63) is 54.4 Å². The molecule has 0 radical (unpaired) electrons. The molecule has 1 N–H and O–H groups in total. The van der Waals surface area contributed by atoms with E-state index in [1.54, 1.807) is 18.0 Å². The average molecular weight is 314 g/mol. The number of pyridine rings is 1. The highest BCUT2D eigenvalue weighted by Gasteiger charge is 2.02. The van der Waals surface area contributed by atoms with Crippen LogP contribution in [0, 0.1) is 0 Å². The van der Waals surface area contributed by atoms with Crippen LogP contribution in [-0.2, 0) is 10.5 Å². The van der Waals surface area contributed by atoms with Crippen molar-refractivity contribution < 1.29 is 4.79 Å². The van der Waals surface area contributed by atoms with Gasteiger partial charge in [-0.15, -0.1) is 11.8 Å². The van der Waals surface area contributed by atoms with Crippen LogP contribution in [0.4, 0.5) is 5.69 Å². The van der Waals surface area contributed by atoms with Crippen LogP contribution in [0.1, 0.15) is 38.2 Å². The second kappa shape index (κ2) is 9.26. The molecule has 0 unspecified atom stereocenters. The Morgan fingerprint density at radius 1 is 1.18 bits per heavy atom. The highest BCUT2D eigenvalue weighted by molar-refractivity contribution is 7.98. The van der Waals surface area contributed by atoms with Gasteiger partial charge >= 0.3 is 0 Å². The number of hydrogen-bond acceptors (Lipinski definition) is 3. The van der Waals surface area contributed by atoms with Crippen LogP contribution in [0.2, 0.25) is 0 Å². The maximum absolute atomic E-state index is 11.8. The lowest BCUT2D eigenvalue weighted by atomic mass is 10.2. The fraction of sp³-hybridized carbons (Fsp3) is 0.333. The molecule has 1 aromatic heterocycles. The minimum absolute atomic E-state index is 0.101. The third kappa shape index (κ3) is 5.90. The van der Waals surface area contributed by atoms with Crippen molar-refractivity contribution in [3.63, 3.8) is 0 Å². The number of aromatic nitrogens is 1. The highest BCUT2D eigenvalue weighted by Crippen LogP contribution is 2.24. The summed E-state index contributed by atoms with van der Waals surface area (Å²) in [5.74, 6) is 1.00. The van der Waals surface area contributed by atoms with E-state index in [9.17, 15) is 4.79 Å². The largest absolute Gasteiger partial charge is 0.326 e. The number of anilines is 1. The Kier molecular flexibility index (Phi) is 6.97. The number of rotatable bonds is 8. The van der Waals surface area contributed by atoms with Crippen molar-refractivity contribution >= 4 is 23.4 Å². The summed E-state index contributed by atoms with van der Waals surface area (Å²) in [6.07, 6.45) is 7.48. The molecule has 0 saturated carbocycles. The first kappa shape index (κ1) is 16.6. The van der Waals surface area contributed by atoms with E-state index in [2.05, 4.69) is 23.3 Å². The van der Waals surface area contributed by atoms with Gasteiger partial charge in [-0.05, 0) is 42.3 Å². The van der Waals surface area contributed by atoms with Crippen LogP contribution < -0.4 is 5.32 Å². The Bertz CT molecular complexity index is 569. The highest BCUT2D eigenvalue weighted by atomic mass is 32.2. The summed E-state index contributed by atoms with van der Waals surface area (Å²) in [5, 5.41) is 2.94. The van der Waals surface area contributed by atoms with E-state index in [1.165, 1.54) is 10.5 Å². The van der Waals surface area contributed by atoms with Gasteiger partial charge in [0.1, 0.15) is 0 Å². The van der Waals surface area contributed by atoms with Gasteiger partial charge in [0, 0.05) is 35.2 Å². The Morgan fingerprint density at radius 3 is 2.68 bits per heavy atom. The van der Waals surface area contributed by atoms with Crippen molar-refractivity contribution in [2.45, 2.75) is 43.3 Å². The van der Waals surface area contributed by atoms with Crippen molar-refractivity contribution in [2.75, 3.05) is 5.32 Å². The Morgan fingerprint density at radius 2 is 2.00 bits per heavy atom. The minimum Gasteiger partial charge on any atom is -0.326 e. The second-order valence-corrected chi connectivity index (χ2v) is 6.23. The number of benzene rings is 1. The van der Waals surface area contributed by atoms with Crippen LogP contribution in [0.25, 0.3) is 0 Å². The van der Waals surface area contributed by atoms with Gasteiger partial charge in [-0.25, -0.2) is 0 Å². The molecule has 0 aliphatic heterocycles. The van der Waals surface area contributed by atoms with Crippen molar-refractivity contribution in [3.8, 4) is 0 Å². The SMILES string of the molecule is CCCCCC(=O)Nc1ccc(SCc2cccnc2)cc1. The van der Waals surface area contributed by atoms with E-state index in [4.69, 9.17) is 0 Å². The fourth-order valence-electron chi connectivity index (χ4n) is 2.04. The summed E-state index contributed by atoms with van der Waals surface area (Å²) in [7, 11) is 0. The minimum atomic E-state index is 0.101. The van der Waals surface area contributed by atoms with E-state index < -0.39 is 0 Å². The summed E-state index contributed by atoms with van der Waals surface area (Å²) in [4.78, 5) is 17.1. The van der Waals surface area contributed by atoms with Gasteiger partial charge < -0.3 is 5.32 Å². The summed E-state index contributed by atoms with van der Waals surface area (Å²) >= 11 is 1.77. The Labute approximate surface area is 136 Å². The molecule has 0 aliphatic carbocycles. The number of hydrogen-bond donors (Lipinski definition) is 1. The van der Waals surface area contributed by atoms with Crippen molar-refractivity contribution in [1.82, 2.24) is 4.98 Å². The lowest BCUT2D eigenvalue weighted by molar-refractivity contribution is -0.116. The zero-order chi connectivity index (χ0) is 15.6. The van der Waals surface area contributed by atoms with E-state index in [0.717, 1.165) is 30.7 Å². The summed E-state index contributed by atoms with van der Waals surface area (Å²) < 4.78 is 0. The molecule has 2 aromatic rings. The normalized spacial score (nSPS) is 10.4. The molecule has 2 rings (SSSR count). The standard InChI is InChI=1S/C18H22N2OS/c1-2-3-4-7-18(21)20-16-8-10-17(11-9-16)22-14-15-6-5-12-19-13-15/h5-6,8-13H,2-4,7,14H2,1H3,(H,20,21). The van der Waals surface area contributed by atoms with E-state index in [0.29, 0.717) is 6.42 Å². The molecular weight excluding hydrogens is 292 g/mol. The zero-order valence-corrected chi connectivity index (χ0v) is 13.7. The smallest absolute Gasteiger partial charge is 0.224 e. The van der Waals surface area contributed by atoms with E-state index in [-0.39, 0.29) is 5.91 Å². The number of nitrogens with one attached hydrogen (secondary N) is 1. The van der Waals surface area contributed by atoms with Crippen molar-refractivity contribution in [2.24, 2.45) is 0 Å². The molecule has 1 heterocycles. The molecule has 0 saturated heterocycles. The molecule has 3 nitrogen and oxygen atoms in total. The monoisotopic (exact) mass is 314 g/mol. The predicted octanol–water partition coefficient (Wildman–Crippen LogP) is 4.89. The Balaban J connectivity index is 1.79. The molecule has 4 heteroatoms. The van der Waals surface area contributed by atoms with E-state index in [1.807, 2.05) is 36.5 Å². The Hall–Kier alpha value is -1.81. The molecule has 116 valence electrons. The number of amides is 1. The number of nitrogens with zero attached hydrogens (tertiary/aromatic N) is 1. The van der Waals surface area contributed by atoms with Gasteiger partial charge in [-0.1, -0.05) is 25.8 Å². The van der Waals surface area contributed by atoms with Gasteiger partial charge in [0.15, 0.2) is 0 Å². The number of unbranched alkanes of at least 4 members (excludes halogenated alkanes) is 2. The first-order valence-electron chi connectivity index (χ1n) is 7.69. The van der Waals surface area contributed by atoms with Crippen LogP contribution in [0.15, 0.2) is 53.7 Å². The molecule has 1 aromatic carbocycles. The summed E-state index contributed by atoms with van der Waals surface area (Å²) in [5.41, 5.74) is 2.08. The topological polar surface area (TPSA) is 42.0 Å². The average Bonchev–Trinajstić information content (AvgIpc) is 2.55. The zero-order valence-electron chi connectivity index (χ0n) is 12.9. The number of carbonyl (C=O) groups excluding carboxylic acids is 1. The van der Waals surface area contributed by atoms with Gasteiger partial charge in [0.25, 0.3) is 0 Å². The first-order valence-corrected chi connectivity index (χ1v) is 8.68. The fourth-order valence-corrected chi connectivity index (χ4v) is 2.88. The van der Waals surface area contributed by atoms with Crippen molar-refractivity contribution in [1.29, 1.82) is 0 Å². The van der Waals surface area contributed by atoms with Crippen LogP contribution in [0.5, 0.6) is 0 Å². The van der Waals surface area contributed by atoms with Gasteiger partial charge in [0.2, 0.25) is 5.91 Å². The predicted molar refractivity (Wildman–Crippen MR) is 93.0 cm³/mol. The lowest BCUT2D eigenvalue weighted by Crippen LogP contribution is -2.10. The molecule has 0 atom stereocenters. The van der Waals surface area contributed by atoms with Crippen LogP contribution in [-0.4, -0.2) is 10.9 Å². The van der Waals surface area contributed by atoms with Gasteiger partial charge in [0.05, 0.1) is 0 Å². The molecular formula is C18H22N2OS. The summed E-state index contributed by atoms with van der Waals surface area (Å²) in [6.45, 7) is 2.14. The molecule has 0 fully saturated rings. The molecule has 1 amide bonds. The molecule has 22 heavy (non-hydrogen) atoms. The molecule has 0 bridgehead atoms. The number of thioether (sulfide) groups is 1. The van der Waals surface area contributed by atoms with Gasteiger partial charge in [-0.2, -0.15) is 0 Å². The lowest BCUT2D eigenvalue weighted by Gasteiger charge is -2.06. The van der Waals surface area contributed by atoms with Gasteiger partial charge in [-0.3, -0.25) is 9.78 Å². The molecule has 0 aliphatic rings. The second-order valence-electron chi connectivity index (χ2n) is 5.18. The van der Waals surface area contributed by atoms with Crippen LogP contribution in [0.3, 0.4) is 0 Å². The van der Waals surface area contributed by atoms with Crippen LogP contribution >= 0.6 is 11.8 Å². The summed E-state index contributed by atoms with van der Waals surface area (Å²) in [6, 6.07) is 12.0. The maximum atomic E-state index is 11.8. The third-order valence-electron chi connectivity index (χ3n) is 3.27. The molecule has 0 spiro atoms. The third-order valence-corrected chi connectivity index (χ3v) is 4.36. The number of carbonyl (C=O) groups is 1. The first-order chi connectivity index (χ1) is 10.8. The quantitative estimate of drug-likeness (QED) is 0.557. The van der Waals surface area contributed by atoms with E-state index >= 15 is 0 Å². The maximum Gasteiger partial charge on any atom is 0.224 e.